The van der Waals surface area contributed by atoms with Gasteiger partial charge in [0.2, 0.25) is 0 Å². The Hall–Kier alpha value is -0.340. The predicted octanol–water partition coefficient (Wildman–Crippen LogP) is 4.07. The largest absolute Gasteiger partial charge is 0.299 e. The molecule has 0 amide bonds. The van der Waals surface area contributed by atoms with E-state index in [9.17, 15) is 0 Å². The standard InChI is InChI=1S/C13H20BrN/c1-3-5-10-15(4-2)11-12-6-8-13(14)9-7-12/h6-9H,3-5,10-11H2,1-2H3. The third kappa shape index (κ3) is 4.80. The fourth-order valence-electron chi connectivity index (χ4n) is 1.58. The molecule has 0 bridgehead atoms. The molecular formula is C13H20BrN. The summed E-state index contributed by atoms with van der Waals surface area (Å²) in [6.45, 7) is 7.89. The fourth-order valence-corrected chi connectivity index (χ4v) is 1.84. The normalized spacial score (nSPS) is 10.9. The van der Waals surface area contributed by atoms with Crippen LogP contribution >= 0.6 is 15.9 Å². The van der Waals surface area contributed by atoms with Crippen LogP contribution in [-0.4, -0.2) is 18.0 Å². The van der Waals surface area contributed by atoms with E-state index >= 15 is 0 Å². The fraction of sp³-hybridized carbons (Fsp3) is 0.538. The summed E-state index contributed by atoms with van der Waals surface area (Å²) < 4.78 is 1.16. The van der Waals surface area contributed by atoms with Gasteiger partial charge in [-0.05, 0) is 37.2 Å². The van der Waals surface area contributed by atoms with Crippen molar-refractivity contribution < 1.29 is 0 Å². The quantitative estimate of drug-likeness (QED) is 0.753. The van der Waals surface area contributed by atoms with Gasteiger partial charge in [-0.25, -0.2) is 0 Å². The summed E-state index contributed by atoms with van der Waals surface area (Å²) in [5.74, 6) is 0. The first-order valence-corrected chi connectivity index (χ1v) is 6.52. The second-order valence-electron chi connectivity index (χ2n) is 3.85. The van der Waals surface area contributed by atoms with Crippen LogP contribution in [0.15, 0.2) is 28.7 Å². The van der Waals surface area contributed by atoms with Gasteiger partial charge in [0.25, 0.3) is 0 Å². The summed E-state index contributed by atoms with van der Waals surface area (Å²) in [6, 6.07) is 8.61. The maximum Gasteiger partial charge on any atom is 0.0233 e. The lowest BCUT2D eigenvalue weighted by Crippen LogP contribution is -2.23. The number of benzene rings is 1. The summed E-state index contributed by atoms with van der Waals surface area (Å²) in [6.07, 6.45) is 2.57. The molecule has 0 atom stereocenters. The first-order valence-electron chi connectivity index (χ1n) is 5.73. The van der Waals surface area contributed by atoms with E-state index in [-0.39, 0.29) is 0 Å². The topological polar surface area (TPSA) is 3.24 Å². The molecule has 1 rings (SSSR count). The van der Waals surface area contributed by atoms with Crippen LogP contribution in [0.2, 0.25) is 0 Å². The Labute approximate surface area is 102 Å². The molecule has 2 heteroatoms. The van der Waals surface area contributed by atoms with E-state index in [1.165, 1.54) is 24.9 Å². The molecule has 0 fully saturated rings. The van der Waals surface area contributed by atoms with Gasteiger partial charge in [-0.1, -0.05) is 48.3 Å². The van der Waals surface area contributed by atoms with Crippen molar-refractivity contribution in [1.29, 1.82) is 0 Å². The molecule has 0 heterocycles. The predicted molar refractivity (Wildman–Crippen MR) is 70.0 cm³/mol. The molecule has 0 aliphatic carbocycles. The molecule has 1 aromatic carbocycles. The van der Waals surface area contributed by atoms with E-state index in [4.69, 9.17) is 0 Å². The van der Waals surface area contributed by atoms with Gasteiger partial charge in [0.15, 0.2) is 0 Å². The third-order valence-corrected chi connectivity index (χ3v) is 3.12. The Morgan fingerprint density at radius 2 is 1.80 bits per heavy atom. The first kappa shape index (κ1) is 12.7. The van der Waals surface area contributed by atoms with Crippen LogP contribution in [0.3, 0.4) is 0 Å². The molecule has 0 unspecified atom stereocenters. The minimum Gasteiger partial charge on any atom is -0.299 e. The molecule has 1 nitrogen and oxygen atoms in total. The van der Waals surface area contributed by atoms with Crippen LogP contribution in [0, 0.1) is 0 Å². The second kappa shape index (κ2) is 7.02. The molecule has 0 aromatic heterocycles. The Balaban J connectivity index is 2.47. The van der Waals surface area contributed by atoms with E-state index in [1.54, 1.807) is 0 Å². The van der Waals surface area contributed by atoms with Gasteiger partial charge in [-0.2, -0.15) is 0 Å². The maximum absolute atomic E-state index is 3.46. The van der Waals surface area contributed by atoms with Gasteiger partial charge in [-0.15, -0.1) is 0 Å². The number of nitrogens with zero attached hydrogens (tertiary/aromatic N) is 1. The molecular weight excluding hydrogens is 250 g/mol. The van der Waals surface area contributed by atoms with Crippen LogP contribution in [0.4, 0.5) is 0 Å². The Kier molecular flexibility index (Phi) is 5.96. The van der Waals surface area contributed by atoms with E-state index in [0.29, 0.717) is 0 Å². The zero-order valence-electron chi connectivity index (χ0n) is 9.67. The van der Waals surface area contributed by atoms with E-state index < -0.39 is 0 Å². The minimum absolute atomic E-state index is 1.07. The average molecular weight is 270 g/mol. The molecule has 0 radical (unpaired) electrons. The van der Waals surface area contributed by atoms with Crippen molar-refractivity contribution in [2.24, 2.45) is 0 Å². The lowest BCUT2D eigenvalue weighted by Gasteiger charge is -2.20. The van der Waals surface area contributed by atoms with Crippen LogP contribution in [0.5, 0.6) is 0 Å². The van der Waals surface area contributed by atoms with E-state index in [2.05, 4.69) is 58.9 Å². The van der Waals surface area contributed by atoms with Crippen molar-refractivity contribution in [3.8, 4) is 0 Å². The molecule has 0 aliphatic heterocycles. The number of rotatable bonds is 6. The van der Waals surface area contributed by atoms with Crippen molar-refractivity contribution in [3.05, 3.63) is 34.3 Å². The summed E-state index contributed by atoms with van der Waals surface area (Å²) in [5, 5.41) is 0. The van der Waals surface area contributed by atoms with Crippen LogP contribution in [0.25, 0.3) is 0 Å². The number of halogens is 1. The van der Waals surface area contributed by atoms with E-state index in [1.807, 2.05) is 0 Å². The summed E-state index contributed by atoms with van der Waals surface area (Å²) in [7, 11) is 0. The zero-order valence-corrected chi connectivity index (χ0v) is 11.3. The van der Waals surface area contributed by atoms with Crippen LogP contribution in [-0.2, 0) is 6.54 Å². The first-order chi connectivity index (χ1) is 7.26. The highest BCUT2D eigenvalue weighted by molar-refractivity contribution is 9.10. The summed E-state index contributed by atoms with van der Waals surface area (Å²) in [4.78, 5) is 2.49. The van der Waals surface area contributed by atoms with Crippen molar-refractivity contribution in [2.75, 3.05) is 13.1 Å². The van der Waals surface area contributed by atoms with Crippen molar-refractivity contribution in [2.45, 2.75) is 33.2 Å². The maximum atomic E-state index is 3.46. The van der Waals surface area contributed by atoms with Gasteiger partial charge in [0.1, 0.15) is 0 Å². The molecule has 1 aromatic rings. The highest BCUT2D eigenvalue weighted by Crippen LogP contribution is 2.12. The Bertz CT molecular complexity index is 268. The van der Waals surface area contributed by atoms with E-state index in [0.717, 1.165) is 17.6 Å². The highest BCUT2D eigenvalue weighted by Gasteiger charge is 2.02. The van der Waals surface area contributed by atoms with Gasteiger partial charge in [-0.3, -0.25) is 4.90 Å². The Morgan fingerprint density at radius 3 is 2.33 bits per heavy atom. The van der Waals surface area contributed by atoms with Gasteiger partial charge in [0.05, 0.1) is 0 Å². The minimum atomic E-state index is 1.07. The monoisotopic (exact) mass is 269 g/mol. The zero-order chi connectivity index (χ0) is 11.1. The molecule has 0 saturated heterocycles. The van der Waals surface area contributed by atoms with Crippen molar-refractivity contribution >= 4 is 15.9 Å². The van der Waals surface area contributed by atoms with Gasteiger partial charge in [0, 0.05) is 11.0 Å². The van der Waals surface area contributed by atoms with Crippen LogP contribution in [0.1, 0.15) is 32.3 Å². The Morgan fingerprint density at radius 1 is 1.13 bits per heavy atom. The molecule has 0 aliphatic rings. The van der Waals surface area contributed by atoms with Gasteiger partial charge >= 0.3 is 0 Å². The number of unbranched alkanes of at least 4 members (excludes halogenated alkanes) is 1. The number of hydrogen-bond acceptors (Lipinski definition) is 1. The summed E-state index contributed by atoms with van der Waals surface area (Å²) in [5.41, 5.74) is 1.40. The molecule has 0 saturated carbocycles. The third-order valence-electron chi connectivity index (χ3n) is 2.59. The number of hydrogen-bond donors (Lipinski definition) is 0. The SMILES string of the molecule is CCCCN(CC)Cc1ccc(Br)cc1. The molecule has 84 valence electrons. The second-order valence-corrected chi connectivity index (χ2v) is 4.76. The average Bonchev–Trinajstić information content (AvgIpc) is 2.27. The summed E-state index contributed by atoms with van der Waals surface area (Å²) >= 11 is 3.46. The van der Waals surface area contributed by atoms with Gasteiger partial charge < -0.3 is 0 Å². The van der Waals surface area contributed by atoms with Crippen LogP contribution < -0.4 is 0 Å². The highest BCUT2D eigenvalue weighted by atomic mass is 79.9. The lowest BCUT2D eigenvalue weighted by atomic mass is 10.2. The molecule has 15 heavy (non-hydrogen) atoms. The van der Waals surface area contributed by atoms with Crippen molar-refractivity contribution in [1.82, 2.24) is 4.90 Å². The van der Waals surface area contributed by atoms with Crippen molar-refractivity contribution in [3.63, 3.8) is 0 Å². The lowest BCUT2D eigenvalue weighted by molar-refractivity contribution is 0.275. The molecule has 0 N–H and O–H groups in total. The molecule has 0 spiro atoms. The smallest absolute Gasteiger partial charge is 0.0233 e.